The first-order valence-corrected chi connectivity index (χ1v) is 28.3. The van der Waals surface area contributed by atoms with Gasteiger partial charge in [-0.25, -0.2) is 0 Å². The van der Waals surface area contributed by atoms with Gasteiger partial charge in [0.15, 0.2) is 0 Å². The number of piperidine rings is 4. The molecule has 2 aromatic rings. The van der Waals surface area contributed by atoms with Crippen LogP contribution in [0.5, 0.6) is 0 Å². The fourth-order valence-electron chi connectivity index (χ4n) is 17.8. The maximum absolute atomic E-state index is 13.8. The largest absolute Gasteiger partial charge is 0.373 e. The van der Waals surface area contributed by atoms with Crippen LogP contribution in [0.4, 0.5) is 22.7 Å². The third-order valence-corrected chi connectivity index (χ3v) is 20.6. The van der Waals surface area contributed by atoms with Crippen molar-refractivity contribution in [2.24, 2.45) is 23.7 Å². The van der Waals surface area contributed by atoms with Crippen LogP contribution in [-0.2, 0) is 49.1 Å². The highest BCUT2D eigenvalue weighted by Crippen LogP contribution is 2.68. The number of nitrogens with one attached hydrogen (secondary N) is 4. The van der Waals surface area contributed by atoms with Crippen LogP contribution in [0.3, 0.4) is 0 Å². The lowest BCUT2D eigenvalue weighted by molar-refractivity contribution is -0.133. The number of anilines is 4. The summed E-state index contributed by atoms with van der Waals surface area (Å²) in [6.45, 7) is 4.94. The quantitative estimate of drug-likeness (QED) is 0.121. The number of nitrogens with zero attached hydrogens (tertiary/aromatic N) is 4. The van der Waals surface area contributed by atoms with Gasteiger partial charge in [-0.1, -0.05) is 61.8 Å². The molecule has 8 fully saturated rings. The van der Waals surface area contributed by atoms with E-state index in [0.717, 1.165) is 115 Å². The van der Waals surface area contributed by atoms with Crippen molar-refractivity contribution in [3.8, 4) is 0 Å². The summed E-state index contributed by atoms with van der Waals surface area (Å²) in [7, 11) is 0. The maximum Gasteiger partial charge on any atom is 0.243 e. The zero-order valence-electron chi connectivity index (χ0n) is 42.4. The van der Waals surface area contributed by atoms with Crippen LogP contribution < -0.4 is 31.1 Å². The van der Waals surface area contributed by atoms with E-state index >= 15 is 0 Å². The molecule has 0 unspecified atom stereocenters. The van der Waals surface area contributed by atoms with Crippen molar-refractivity contribution in [1.29, 1.82) is 0 Å². The van der Waals surface area contributed by atoms with Crippen molar-refractivity contribution in [2.45, 2.75) is 150 Å². The molecule has 12 aliphatic rings. The Morgan fingerprint density at radius 3 is 1.45 bits per heavy atom. The Hall–Kier alpha value is -5.42. The van der Waals surface area contributed by atoms with Gasteiger partial charge < -0.3 is 40.5 Å². The number of fused-ring (bicyclic) bond motifs is 4. The van der Waals surface area contributed by atoms with E-state index in [4.69, 9.17) is 9.47 Å². The monoisotopic (exact) mass is 1010 g/mol. The Morgan fingerprint density at radius 2 is 1.00 bits per heavy atom. The summed E-state index contributed by atoms with van der Waals surface area (Å²) >= 11 is 0. The van der Waals surface area contributed by atoms with Crippen LogP contribution >= 0.6 is 0 Å². The molecule has 4 bridgehead atoms. The molecular weight excluding hydrogens is 937 g/mol. The Kier molecular flexibility index (Phi) is 11.5. The molecule has 390 valence electrons. The number of hydrogen-bond donors (Lipinski definition) is 4. The van der Waals surface area contributed by atoms with Crippen molar-refractivity contribution in [1.82, 2.24) is 20.4 Å². The number of amides is 6. The first-order chi connectivity index (χ1) is 36.1. The Bertz CT molecular complexity index is 2610. The molecule has 2 saturated carbocycles. The highest BCUT2D eigenvalue weighted by atomic mass is 16.5. The molecule has 16 nitrogen and oxygen atoms in total. The molecule has 10 aliphatic heterocycles. The Balaban J connectivity index is 0.482. The van der Waals surface area contributed by atoms with Crippen molar-refractivity contribution >= 4 is 58.2 Å². The van der Waals surface area contributed by atoms with Crippen LogP contribution in [0.25, 0.3) is 0 Å². The minimum Gasteiger partial charge on any atom is -0.373 e. The number of rotatable bonds is 17. The van der Waals surface area contributed by atoms with E-state index in [2.05, 4.69) is 65.2 Å². The van der Waals surface area contributed by atoms with E-state index in [1.54, 1.807) is 0 Å². The SMILES string of the molecule is O=C(CCCCCCCCCCC(=O)NCC(=O)Nc1ccc2c(c1)[C@@]13CCN4CC5=CCO[C@H]6CC(=O)N2[C@H]1[C@H]6[C@H]5C[C@H]43)NCC(=O)Nc1ccc2c(c1)[C@@]13CCN4CC5=CCO[C@H]6CC(=O)N2[C@H]1[C@H]6[C@H]5C[C@H]43. The summed E-state index contributed by atoms with van der Waals surface area (Å²) in [6, 6.07) is 12.9. The topological polar surface area (TPSA) is 182 Å². The lowest BCUT2D eigenvalue weighted by Crippen LogP contribution is -2.69. The van der Waals surface area contributed by atoms with Crippen LogP contribution in [-0.4, -0.2) is 134 Å². The first-order valence-electron chi connectivity index (χ1n) is 28.3. The van der Waals surface area contributed by atoms with Crippen LogP contribution in [0.2, 0.25) is 0 Å². The molecule has 14 rings (SSSR count). The molecule has 74 heavy (non-hydrogen) atoms. The highest BCUT2D eigenvalue weighted by Gasteiger charge is 2.73. The van der Waals surface area contributed by atoms with Crippen LogP contribution in [0.1, 0.15) is 114 Å². The van der Waals surface area contributed by atoms with Gasteiger partial charge >= 0.3 is 0 Å². The molecule has 2 aromatic carbocycles. The van der Waals surface area contributed by atoms with Crippen molar-refractivity contribution in [3.05, 3.63) is 70.8 Å². The highest BCUT2D eigenvalue weighted by molar-refractivity contribution is 6.02. The van der Waals surface area contributed by atoms with Crippen molar-refractivity contribution in [2.75, 3.05) is 72.9 Å². The lowest BCUT2D eigenvalue weighted by atomic mass is 9.53. The predicted octanol–water partition coefficient (Wildman–Crippen LogP) is 5.21. The molecule has 2 spiro atoms. The summed E-state index contributed by atoms with van der Waals surface area (Å²) in [4.78, 5) is 88.8. The van der Waals surface area contributed by atoms with Gasteiger partial charge in [-0.05, 0) is 111 Å². The third-order valence-electron chi connectivity index (χ3n) is 20.6. The molecule has 6 amide bonds. The normalized spacial score (nSPS) is 34.8. The molecule has 4 N–H and O–H groups in total. The fraction of sp³-hybridized carbons (Fsp3) is 0.621. The molecule has 12 atom stereocenters. The molecule has 0 radical (unpaired) electrons. The van der Waals surface area contributed by atoms with Gasteiger partial charge in [0.2, 0.25) is 35.4 Å². The second-order valence-corrected chi connectivity index (χ2v) is 24.0. The van der Waals surface area contributed by atoms with Gasteiger partial charge in [0.1, 0.15) is 0 Å². The van der Waals surface area contributed by atoms with E-state index in [-0.39, 0.29) is 95.5 Å². The van der Waals surface area contributed by atoms with Crippen molar-refractivity contribution in [3.63, 3.8) is 0 Å². The second-order valence-electron chi connectivity index (χ2n) is 24.0. The zero-order chi connectivity index (χ0) is 50.0. The number of carbonyl (C=O) groups is 6. The minimum atomic E-state index is -0.265. The van der Waals surface area contributed by atoms with Gasteiger partial charge in [-0.3, -0.25) is 38.6 Å². The average molecular weight is 1010 g/mol. The third kappa shape index (κ3) is 7.19. The maximum atomic E-state index is 13.8. The molecule has 10 heterocycles. The Labute approximate surface area is 432 Å². The smallest absolute Gasteiger partial charge is 0.243 e. The Morgan fingerprint density at radius 1 is 0.568 bits per heavy atom. The van der Waals surface area contributed by atoms with E-state index in [1.165, 1.54) is 22.3 Å². The lowest BCUT2D eigenvalue weighted by Gasteiger charge is -2.58. The molecule has 2 aliphatic carbocycles. The van der Waals surface area contributed by atoms with Crippen LogP contribution in [0, 0.1) is 23.7 Å². The standard InChI is InChI=1S/C58H70N8O8/c67-47(59-29-49(69)61-35-11-13-41-39(23-35)57-17-19-63-31-33-15-21-73-43-27-51(71)65(41)55(57)53(43)37(33)25-45(57)63)9-7-5-3-1-2-4-6-8-10-48(68)60-30-50(70)62-36-12-14-42-40(24-36)58-18-20-64-32-34-16-22-74-44-28-52(72)66(42)56(58)54(44)38(34)26-46(58)64/h11-16,23-24,37-38,43-46,53-56H,1-10,17-22,25-32H2,(H,59,67)(H,60,68)(H,61,69)(H,62,70)/t37-,38-,43-,44-,45-,46-,53-,54-,55-,56-,57+,58+/m0/s1. The number of ether oxygens (including phenoxy) is 2. The zero-order valence-corrected chi connectivity index (χ0v) is 42.4. The number of hydrogen-bond acceptors (Lipinski definition) is 10. The van der Waals surface area contributed by atoms with Gasteiger partial charge in [-0.2, -0.15) is 0 Å². The summed E-state index contributed by atoms with van der Waals surface area (Å²) in [6.07, 6.45) is 17.7. The van der Waals surface area contributed by atoms with E-state index in [0.29, 0.717) is 74.2 Å². The molecular formula is C58H70N8O8. The van der Waals surface area contributed by atoms with E-state index in [9.17, 15) is 28.8 Å². The van der Waals surface area contributed by atoms with Crippen molar-refractivity contribution < 1.29 is 38.2 Å². The molecule has 0 aromatic heterocycles. The number of benzene rings is 2. The van der Waals surface area contributed by atoms with E-state index < -0.39 is 0 Å². The summed E-state index contributed by atoms with van der Waals surface area (Å²) in [5.41, 5.74) is 8.36. The average Bonchev–Trinajstić information content (AvgIpc) is 4.26. The summed E-state index contributed by atoms with van der Waals surface area (Å²) < 4.78 is 12.7. The van der Waals surface area contributed by atoms with Gasteiger partial charge in [0, 0.05) is 83.4 Å². The van der Waals surface area contributed by atoms with Gasteiger partial charge in [-0.15, -0.1) is 0 Å². The summed E-state index contributed by atoms with van der Waals surface area (Å²) in [5.74, 6) is 0.934. The molecule has 16 heteroatoms. The predicted molar refractivity (Wildman–Crippen MR) is 276 cm³/mol. The number of unbranched alkanes of at least 4 members (excludes halogenated alkanes) is 7. The minimum absolute atomic E-state index is 0.0577. The van der Waals surface area contributed by atoms with Crippen LogP contribution in [0.15, 0.2) is 59.7 Å². The van der Waals surface area contributed by atoms with Gasteiger partial charge in [0.05, 0.1) is 63.4 Å². The second kappa shape index (κ2) is 18.1. The fourth-order valence-corrected chi connectivity index (χ4v) is 17.8. The first kappa shape index (κ1) is 47.1. The number of carbonyl (C=O) groups excluding carboxylic acids is 6. The summed E-state index contributed by atoms with van der Waals surface area (Å²) in [5, 5.41) is 11.7. The molecule has 6 saturated heterocycles. The van der Waals surface area contributed by atoms with Gasteiger partial charge in [0.25, 0.3) is 0 Å². The van der Waals surface area contributed by atoms with E-state index in [1.807, 2.05) is 24.3 Å².